The number of nitrogens with one attached hydrogen (secondary N) is 2. The zero-order valence-corrected chi connectivity index (χ0v) is 21.1. The smallest absolute Gasteiger partial charge is 0.257 e. The number of likely N-dealkylation sites (tertiary alicyclic amines) is 1. The summed E-state index contributed by atoms with van der Waals surface area (Å²) in [5.74, 6) is 2.23. The molecule has 1 aliphatic heterocycles. The zero-order valence-electron chi connectivity index (χ0n) is 18.8. The lowest BCUT2D eigenvalue weighted by Crippen LogP contribution is -2.40. The number of ether oxygens (including phenoxy) is 1. The highest BCUT2D eigenvalue weighted by Crippen LogP contribution is 2.18. The van der Waals surface area contributed by atoms with Crippen molar-refractivity contribution < 1.29 is 9.53 Å². The molecule has 2 N–H and O–H groups in total. The lowest BCUT2D eigenvalue weighted by Gasteiger charge is -2.24. The first kappa shape index (κ1) is 26.5. The number of halogens is 1. The fourth-order valence-electron chi connectivity index (χ4n) is 3.68. The van der Waals surface area contributed by atoms with Crippen molar-refractivity contribution in [1.82, 2.24) is 20.4 Å². The van der Waals surface area contributed by atoms with Crippen LogP contribution in [0.4, 0.5) is 0 Å². The van der Waals surface area contributed by atoms with E-state index < -0.39 is 0 Å². The lowest BCUT2D eigenvalue weighted by molar-refractivity contribution is -0.122. The van der Waals surface area contributed by atoms with Crippen LogP contribution < -0.4 is 15.4 Å². The Morgan fingerprint density at radius 1 is 1.27 bits per heavy atom. The van der Waals surface area contributed by atoms with Gasteiger partial charge in [0.05, 0.1) is 0 Å². The first-order chi connectivity index (χ1) is 14.1. The number of aliphatic imine (C=N–C) groups is 1. The van der Waals surface area contributed by atoms with Gasteiger partial charge in [0.1, 0.15) is 5.75 Å². The molecule has 170 valence electrons. The van der Waals surface area contributed by atoms with Crippen LogP contribution in [0.5, 0.6) is 5.75 Å². The Balaban J connectivity index is 0.00000450. The van der Waals surface area contributed by atoms with Crippen LogP contribution in [0.1, 0.15) is 32.8 Å². The highest BCUT2D eigenvalue weighted by atomic mass is 127. The number of hydrogen-bond acceptors (Lipinski definition) is 4. The number of carbonyl (C=O) groups is 1. The van der Waals surface area contributed by atoms with Gasteiger partial charge in [-0.2, -0.15) is 0 Å². The number of rotatable bonds is 10. The molecule has 1 atom stereocenters. The average Bonchev–Trinajstić information content (AvgIpc) is 3.20. The Labute approximate surface area is 198 Å². The molecule has 1 saturated heterocycles. The number of likely N-dealkylation sites (N-methyl/N-ethyl adjacent to an activating group) is 1. The van der Waals surface area contributed by atoms with Gasteiger partial charge in [-0.15, -0.1) is 24.0 Å². The summed E-state index contributed by atoms with van der Waals surface area (Å²) in [5, 5.41) is 6.20. The van der Waals surface area contributed by atoms with Gasteiger partial charge in [-0.05, 0) is 50.0 Å². The van der Waals surface area contributed by atoms with Crippen LogP contribution in [0.2, 0.25) is 0 Å². The largest absolute Gasteiger partial charge is 0.484 e. The van der Waals surface area contributed by atoms with E-state index in [0.717, 1.165) is 44.2 Å². The molecule has 1 heterocycles. The van der Waals surface area contributed by atoms with Crippen molar-refractivity contribution in [2.45, 2.75) is 33.7 Å². The fourth-order valence-corrected chi connectivity index (χ4v) is 3.68. The van der Waals surface area contributed by atoms with Crippen LogP contribution in [0.25, 0.3) is 0 Å². The van der Waals surface area contributed by atoms with Crippen LogP contribution in [0, 0.1) is 5.92 Å². The fraction of sp³-hybridized carbons (Fsp3) is 0.636. The molecule has 1 unspecified atom stereocenters. The molecule has 1 aromatic carbocycles. The molecule has 1 aromatic rings. The topological polar surface area (TPSA) is 69.2 Å². The molecule has 1 fully saturated rings. The predicted molar refractivity (Wildman–Crippen MR) is 134 cm³/mol. The second-order valence-corrected chi connectivity index (χ2v) is 7.38. The van der Waals surface area contributed by atoms with E-state index in [-0.39, 0.29) is 36.5 Å². The molecule has 0 bridgehead atoms. The predicted octanol–water partition coefficient (Wildman–Crippen LogP) is 2.56. The standard InChI is InChI=1S/C22H37N5O2.HI/c1-5-24-21(28)17-29-20-10-8-9-18(13-20)14-25-22(23-4)27-12-11-19(16-27)15-26(6-2)7-3;/h8-10,13,19H,5-7,11-12,14-17H2,1-4H3,(H,23,25)(H,24,28);1H. The van der Waals surface area contributed by atoms with Gasteiger partial charge in [-0.1, -0.05) is 26.0 Å². The summed E-state index contributed by atoms with van der Waals surface area (Å²) in [6.45, 7) is 13.1. The Hall–Kier alpha value is -1.55. The first-order valence-electron chi connectivity index (χ1n) is 10.8. The van der Waals surface area contributed by atoms with Crippen molar-refractivity contribution in [3.8, 4) is 5.75 Å². The molecule has 0 radical (unpaired) electrons. The summed E-state index contributed by atoms with van der Waals surface area (Å²) < 4.78 is 5.58. The minimum Gasteiger partial charge on any atom is -0.484 e. The third-order valence-corrected chi connectivity index (χ3v) is 5.30. The molecule has 0 spiro atoms. The molecule has 7 nitrogen and oxygen atoms in total. The Kier molecular flexibility index (Phi) is 12.8. The highest BCUT2D eigenvalue weighted by Gasteiger charge is 2.25. The number of benzene rings is 1. The van der Waals surface area contributed by atoms with Gasteiger partial charge in [-0.3, -0.25) is 9.79 Å². The monoisotopic (exact) mass is 531 g/mol. The number of guanidine groups is 1. The van der Waals surface area contributed by atoms with Crippen molar-refractivity contribution in [3.63, 3.8) is 0 Å². The van der Waals surface area contributed by atoms with Gasteiger partial charge in [-0.25, -0.2) is 0 Å². The van der Waals surface area contributed by atoms with Crippen molar-refractivity contribution >= 4 is 35.8 Å². The second-order valence-electron chi connectivity index (χ2n) is 7.38. The summed E-state index contributed by atoms with van der Waals surface area (Å²) in [5.41, 5.74) is 1.10. The van der Waals surface area contributed by atoms with Crippen molar-refractivity contribution in [2.75, 3.05) is 52.9 Å². The van der Waals surface area contributed by atoms with Gasteiger partial charge >= 0.3 is 0 Å². The number of nitrogens with zero attached hydrogens (tertiary/aromatic N) is 3. The molecule has 2 rings (SSSR count). The number of amides is 1. The minimum atomic E-state index is -0.107. The maximum absolute atomic E-state index is 11.6. The van der Waals surface area contributed by atoms with Crippen LogP contribution in [-0.4, -0.2) is 74.6 Å². The molecule has 0 saturated carbocycles. The quantitative estimate of drug-likeness (QED) is 0.276. The van der Waals surface area contributed by atoms with Crippen LogP contribution >= 0.6 is 24.0 Å². The normalized spacial score (nSPS) is 16.4. The van der Waals surface area contributed by atoms with Crippen LogP contribution in [0.3, 0.4) is 0 Å². The van der Waals surface area contributed by atoms with Crippen molar-refractivity contribution in [1.29, 1.82) is 0 Å². The molecule has 30 heavy (non-hydrogen) atoms. The second kappa shape index (κ2) is 14.5. The molecule has 8 heteroatoms. The molecular weight excluding hydrogens is 493 g/mol. The SMILES string of the molecule is CCNC(=O)COc1cccc(CNC(=NC)N2CCC(CN(CC)CC)C2)c1.I. The third kappa shape index (κ3) is 8.67. The Morgan fingerprint density at radius 2 is 2.03 bits per heavy atom. The van der Waals surface area contributed by atoms with Crippen molar-refractivity contribution in [2.24, 2.45) is 10.9 Å². The summed E-state index contributed by atoms with van der Waals surface area (Å²) in [7, 11) is 1.84. The van der Waals surface area contributed by atoms with E-state index in [1.54, 1.807) is 0 Å². The molecule has 1 amide bonds. The van der Waals surface area contributed by atoms with E-state index in [2.05, 4.69) is 39.3 Å². The van der Waals surface area contributed by atoms with Crippen molar-refractivity contribution in [3.05, 3.63) is 29.8 Å². The maximum atomic E-state index is 11.6. The molecule has 1 aliphatic rings. The number of carbonyl (C=O) groups excluding carboxylic acids is 1. The Morgan fingerprint density at radius 3 is 2.70 bits per heavy atom. The zero-order chi connectivity index (χ0) is 21.1. The minimum absolute atomic E-state index is 0. The summed E-state index contributed by atoms with van der Waals surface area (Å²) in [6, 6.07) is 7.83. The average molecular weight is 531 g/mol. The first-order valence-corrected chi connectivity index (χ1v) is 10.8. The summed E-state index contributed by atoms with van der Waals surface area (Å²) in [6.07, 6.45) is 1.21. The van der Waals surface area contributed by atoms with Gasteiger partial charge in [0.15, 0.2) is 12.6 Å². The highest BCUT2D eigenvalue weighted by molar-refractivity contribution is 14.0. The molecule has 0 aromatic heterocycles. The van der Waals surface area contributed by atoms with E-state index in [1.807, 2.05) is 38.2 Å². The molecule has 0 aliphatic carbocycles. The Bertz CT molecular complexity index is 667. The summed E-state index contributed by atoms with van der Waals surface area (Å²) >= 11 is 0. The maximum Gasteiger partial charge on any atom is 0.257 e. The van der Waals surface area contributed by atoms with Gasteiger partial charge in [0.25, 0.3) is 5.91 Å². The van der Waals surface area contributed by atoms with Gasteiger partial charge in [0.2, 0.25) is 0 Å². The van der Waals surface area contributed by atoms with E-state index in [1.165, 1.54) is 6.42 Å². The van der Waals surface area contributed by atoms with Crippen LogP contribution in [-0.2, 0) is 11.3 Å². The van der Waals surface area contributed by atoms with E-state index >= 15 is 0 Å². The van der Waals surface area contributed by atoms with E-state index in [9.17, 15) is 4.79 Å². The van der Waals surface area contributed by atoms with E-state index in [0.29, 0.717) is 24.8 Å². The van der Waals surface area contributed by atoms with Crippen LogP contribution in [0.15, 0.2) is 29.3 Å². The van der Waals surface area contributed by atoms with E-state index in [4.69, 9.17) is 4.74 Å². The van der Waals surface area contributed by atoms with Gasteiger partial charge in [0, 0.05) is 39.8 Å². The number of hydrogen-bond donors (Lipinski definition) is 2. The third-order valence-electron chi connectivity index (χ3n) is 5.30. The van der Waals surface area contributed by atoms with Gasteiger partial charge < -0.3 is 25.2 Å². The lowest BCUT2D eigenvalue weighted by atomic mass is 10.1. The summed E-state index contributed by atoms with van der Waals surface area (Å²) in [4.78, 5) is 20.9. The molecular formula is C22H38IN5O2.